The van der Waals surface area contributed by atoms with Crippen LogP contribution in [0.4, 0.5) is 0 Å². The molecule has 3 rings (SSSR count). The molecule has 0 fully saturated rings. The molecule has 0 heterocycles. The SMILES string of the molecule is CCOC(=O)CC(=O)c1cc(OCc2ccccc2)ccc1OCc1ccccc1. The van der Waals surface area contributed by atoms with Crippen molar-refractivity contribution in [3.05, 3.63) is 95.6 Å². The lowest BCUT2D eigenvalue weighted by Gasteiger charge is -2.13. The molecule has 0 unspecified atom stereocenters. The Morgan fingerprint density at radius 2 is 1.37 bits per heavy atom. The molecule has 0 saturated heterocycles. The first-order chi connectivity index (χ1) is 14.7. The van der Waals surface area contributed by atoms with Crippen LogP contribution in [0.25, 0.3) is 0 Å². The third-order valence-corrected chi connectivity index (χ3v) is 4.35. The topological polar surface area (TPSA) is 61.8 Å². The lowest BCUT2D eigenvalue weighted by molar-refractivity contribution is -0.141. The van der Waals surface area contributed by atoms with Gasteiger partial charge in [0, 0.05) is 0 Å². The van der Waals surface area contributed by atoms with Gasteiger partial charge in [0.15, 0.2) is 5.78 Å². The molecule has 0 saturated carbocycles. The summed E-state index contributed by atoms with van der Waals surface area (Å²) in [5.74, 6) is -0.00729. The fraction of sp³-hybridized carbons (Fsp3) is 0.200. The van der Waals surface area contributed by atoms with Crippen molar-refractivity contribution in [3.63, 3.8) is 0 Å². The number of carbonyl (C=O) groups is 2. The second-order valence-corrected chi connectivity index (χ2v) is 6.61. The summed E-state index contributed by atoms with van der Waals surface area (Å²) in [5, 5.41) is 0. The van der Waals surface area contributed by atoms with Gasteiger partial charge in [-0.3, -0.25) is 9.59 Å². The van der Waals surface area contributed by atoms with Crippen LogP contribution < -0.4 is 9.47 Å². The highest BCUT2D eigenvalue weighted by molar-refractivity contribution is 6.07. The van der Waals surface area contributed by atoms with Crippen LogP contribution in [0.3, 0.4) is 0 Å². The minimum absolute atomic E-state index is 0.226. The number of ketones is 1. The lowest BCUT2D eigenvalue weighted by atomic mass is 10.1. The molecule has 154 valence electrons. The van der Waals surface area contributed by atoms with Gasteiger partial charge in [0.25, 0.3) is 0 Å². The Balaban J connectivity index is 1.77. The third kappa shape index (κ3) is 6.21. The van der Waals surface area contributed by atoms with E-state index in [9.17, 15) is 9.59 Å². The van der Waals surface area contributed by atoms with E-state index in [1.54, 1.807) is 25.1 Å². The standard InChI is InChI=1S/C25H24O5/c1-2-28-25(27)16-23(26)22-15-21(29-17-19-9-5-3-6-10-19)13-14-24(22)30-18-20-11-7-4-8-12-20/h3-15H,2,16-18H2,1H3. The number of carbonyl (C=O) groups excluding carboxylic acids is 2. The number of Topliss-reactive ketones (excluding diaryl/α,β-unsaturated/α-hetero) is 1. The van der Waals surface area contributed by atoms with Gasteiger partial charge in [0.2, 0.25) is 0 Å². The molecule has 0 aliphatic carbocycles. The molecular weight excluding hydrogens is 380 g/mol. The molecule has 3 aromatic carbocycles. The molecule has 5 nitrogen and oxygen atoms in total. The molecule has 0 N–H and O–H groups in total. The first-order valence-electron chi connectivity index (χ1n) is 9.82. The highest BCUT2D eigenvalue weighted by atomic mass is 16.5. The Morgan fingerprint density at radius 1 is 0.767 bits per heavy atom. The molecule has 3 aromatic rings. The Bertz CT molecular complexity index is 967. The normalized spacial score (nSPS) is 10.3. The highest BCUT2D eigenvalue weighted by Crippen LogP contribution is 2.27. The van der Waals surface area contributed by atoms with Crippen LogP contribution in [-0.4, -0.2) is 18.4 Å². The molecule has 0 aliphatic heterocycles. The molecule has 0 aromatic heterocycles. The number of ether oxygens (including phenoxy) is 3. The Labute approximate surface area is 176 Å². The van der Waals surface area contributed by atoms with Crippen LogP contribution in [0.15, 0.2) is 78.9 Å². The van der Waals surface area contributed by atoms with E-state index in [4.69, 9.17) is 14.2 Å². The van der Waals surface area contributed by atoms with E-state index in [1.165, 1.54) is 0 Å². The molecule has 0 spiro atoms. The van der Waals surface area contributed by atoms with E-state index in [-0.39, 0.29) is 18.8 Å². The van der Waals surface area contributed by atoms with Crippen LogP contribution in [-0.2, 0) is 22.7 Å². The Morgan fingerprint density at radius 3 is 1.97 bits per heavy atom. The first kappa shape index (κ1) is 21.1. The predicted octanol–water partition coefficient (Wildman–Crippen LogP) is 4.98. The fourth-order valence-electron chi connectivity index (χ4n) is 2.86. The maximum Gasteiger partial charge on any atom is 0.313 e. The molecule has 0 amide bonds. The predicted molar refractivity (Wildman–Crippen MR) is 114 cm³/mol. The minimum atomic E-state index is -0.563. The summed E-state index contributed by atoms with van der Waals surface area (Å²) in [6, 6.07) is 24.5. The van der Waals surface area contributed by atoms with E-state index in [0.29, 0.717) is 30.3 Å². The summed E-state index contributed by atoms with van der Waals surface area (Å²) in [5.41, 5.74) is 2.29. The van der Waals surface area contributed by atoms with Gasteiger partial charge >= 0.3 is 5.97 Å². The zero-order chi connectivity index (χ0) is 21.2. The molecule has 0 atom stereocenters. The summed E-state index contributed by atoms with van der Waals surface area (Å²) >= 11 is 0. The van der Waals surface area contributed by atoms with E-state index in [2.05, 4.69) is 0 Å². The average Bonchev–Trinajstić information content (AvgIpc) is 2.78. The second kappa shape index (κ2) is 10.8. The molecular formula is C25H24O5. The van der Waals surface area contributed by atoms with Crippen LogP contribution in [0.5, 0.6) is 11.5 Å². The van der Waals surface area contributed by atoms with Crippen LogP contribution in [0, 0.1) is 0 Å². The number of hydrogen-bond donors (Lipinski definition) is 0. The largest absolute Gasteiger partial charge is 0.489 e. The minimum Gasteiger partial charge on any atom is -0.489 e. The van der Waals surface area contributed by atoms with E-state index in [0.717, 1.165) is 11.1 Å². The van der Waals surface area contributed by atoms with Gasteiger partial charge in [0.05, 0.1) is 12.2 Å². The van der Waals surface area contributed by atoms with Crippen LogP contribution in [0.1, 0.15) is 34.8 Å². The van der Waals surface area contributed by atoms with E-state index in [1.807, 2.05) is 60.7 Å². The summed E-state index contributed by atoms with van der Waals surface area (Å²) in [6.07, 6.45) is -0.350. The Hall–Kier alpha value is -3.60. The lowest BCUT2D eigenvalue weighted by Crippen LogP contribution is -2.13. The maximum absolute atomic E-state index is 12.8. The molecule has 0 radical (unpaired) electrons. The van der Waals surface area contributed by atoms with E-state index < -0.39 is 5.97 Å². The van der Waals surface area contributed by atoms with Crippen molar-refractivity contribution in [1.29, 1.82) is 0 Å². The number of esters is 1. The number of hydrogen-bond acceptors (Lipinski definition) is 5. The van der Waals surface area contributed by atoms with Gasteiger partial charge in [-0.25, -0.2) is 0 Å². The molecule has 30 heavy (non-hydrogen) atoms. The quantitative estimate of drug-likeness (QED) is 0.271. The van der Waals surface area contributed by atoms with Crippen molar-refractivity contribution >= 4 is 11.8 Å². The van der Waals surface area contributed by atoms with Crippen molar-refractivity contribution in [2.45, 2.75) is 26.6 Å². The second-order valence-electron chi connectivity index (χ2n) is 6.61. The zero-order valence-corrected chi connectivity index (χ0v) is 16.9. The highest BCUT2D eigenvalue weighted by Gasteiger charge is 2.18. The van der Waals surface area contributed by atoms with Gasteiger partial charge in [-0.15, -0.1) is 0 Å². The van der Waals surface area contributed by atoms with Gasteiger partial charge in [0.1, 0.15) is 31.1 Å². The van der Waals surface area contributed by atoms with E-state index >= 15 is 0 Å². The average molecular weight is 404 g/mol. The maximum atomic E-state index is 12.8. The summed E-state index contributed by atoms with van der Waals surface area (Å²) in [6.45, 7) is 2.61. The number of rotatable bonds is 10. The Kier molecular flexibility index (Phi) is 7.61. The summed E-state index contributed by atoms with van der Waals surface area (Å²) in [7, 11) is 0. The summed E-state index contributed by atoms with van der Waals surface area (Å²) in [4.78, 5) is 24.6. The zero-order valence-electron chi connectivity index (χ0n) is 16.9. The van der Waals surface area contributed by atoms with Gasteiger partial charge < -0.3 is 14.2 Å². The monoisotopic (exact) mass is 404 g/mol. The number of benzene rings is 3. The third-order valence-electron chi connectivity index (χ3n) is 4.35. The van der Waals surface area contributed by atoms with Gasteiger partial charge in [-0.05, 0) is 36.2 Å². The van der Waals surface area contributed by atoms with Crippen molar-refractivity contribution in [1.82, 2.24) is 0 Å². The van der Waals surface area contributed by atoms with Crippen molar-refractivity contribution in [2.75, 3.05) is 6.61 Å². The fourth-order valence-corrected chi connectivity index (χ4v) is 2.86. The summed E-state index contributed by atoms with van der Waals surface area (Å²) < 4.78 is 16.6. The van der Waals surface area contributed by atoms with Gasteiger partial charge in [-0.2, -0.15) is 0 Å². The van der Waals surface area contributed by atoms with Crippen molar-refractivity contribution < 1.29 is 23.8 Å². The van der Waals surface area contributed by atoms with Crippen LogP contribution >= 0.6 is 0 Å². The molecule has 0 bridgehead atoms. The smallest absolute Gasteiger partial charge is 0.313 e. The first-order valence-corrected chi connectivity index (χ1v) is 9.82. The van der Waals surface area contributed by atoms with Gasteiger partial charge in [-0.1, -0.05) is 60.7 Å². The van der Waals surface area contributed by atoms with Crippen molar-refractivity contribution in [3.8, 4) is 11.5 Å². The van der Waals surface area contributed by atoms with Crippen molar-refractivity contribution in [2.24, 2.45) is 0 Å². The van der Waals surface area contributed by atoms with Crippen LogP contribution in [0.2, 0.25) is 0 Å². The molecule has 5 heteroatoms. The molecule has 0 aliphatic rings.